The zero-order valence-electron chi connectivity index (χ0n) is 44.3. The quantitative estimate of drug-likeness (QED) is 0.0472. The van der Waals surface area contributed by atoms with E-state index in [1.54, 1.807) is 73.7 Å². The van der Waals surface area contributed by atoms with Crippen LogP contribution in [0.3, 0.4) is 0 Å². The van der Waals surface area contributed by atoms with Crippen LogP contribution in [0, 0.1) is 17.8 Å². The number of anilines is 2. The molecule has 3 aromatic rings. The molecule has 2 fully saturated rings. The van der Waals surface area contributed by atoms with Crippen molar-refractivity contribution in [1.29, 1.82) is 0 Å². The van der Waals surface area contributed by atoms with Crippen molar-refractivity contribution in [2.45, 2.75) is 116 Å². The number of allylic oxidation sites excluding steroid dienone is 10. The van der Waals surface area contributed by atoms with Gasteiger partial charge in [-0.1, -0.05) is 131 Å². The Morgan fingerprint density at radius 2 is 1.29 bits per heavy atom. The molecule has 3 unspecified atom stereocenters. The maximum Gasteiger partial charge on any atom is 0.255 e. The lowest BCUT2D eigenvalue weighted by Gasteiger charge is -2.33. The summed E-state index contributed by atoms with van der Waals surface area (Å²) in [6.07, 6.45) is 31.6. The summed E-state index contributed by atoms with van der Waals surface area (Å²) in [6.45, 7) is 12.9. The number of carbonyl (C=O) groups excluding carboxylic acids is 6. The van der Waals surface area contributed by atoms with E-state index in [-0.39, 0.29) is 73.5 Å². The second-order valence-corrected chi connectivity index (χ2v) is 21.4. The third-order valence-corrected chi connectivity index (χ3v) is 16.1. The first-order chi connectivity index (χ1) is 37.0. The third kappa shape index (κ3) is 12.3. The van der Waals surface area contributed by atoms with Crippen molar-refractivity contribution in [1.82, 2.24) is 21.3 Å². The first-order valence-corrected chi connectivity index (χ1v) is 27.9. The topological polar surface area (TPSA) is 175 Å². The van der Waals surface area contributed by atoms with E-state index in [0.29, 0.717) is 41.8 Å². The molecule has 6 aliphatic carbocycles. The van der Waals surface area contributed by atoms with Crippen molar-refractivity contribution in [3.8, 4) is 11.1 Å². The summed E-state index contributed by atoms with van der Waals surface area (Å²) >= 11 is 0. The Bertz CT molecular complexity index is 2940. The van der Waals surface area contributed by atoms with Gasteiger partial charge >= 0.3 is 0 Å². The summed E-state index contributed by atoms with van der Waals surface area (Å²) in [6, 6.07) is 14.9. The van der Waals surface area contributed by atoms with Gasteiger partial charge in [0.25, 0.3) is 11.8 Å². The fraction of sp³-hybridized carbons (Fsp3) is 0.406. The van der Waals surface area contributed by atoms with Gasteiger partial charge in [-0.2, -0.15) is 0 Å². The van der Waals surface area contributed by atoms with E-state index in [0.717, 1.165) is 51.1 Å². The van der Waals surface area contributed by atoms with E-state index in [2.05, 4.69) is 38.5 Å². The number of amides is 2. The number of nitrogens with one attached hydrogen (secondary N) is 6. The monoisotopic (exact) mass is 1020 g/mol. The maximum absolute atomic E-state index is 15.0. The molecule has 0 spiro atoms. The maximum atomic E-state index is 15.0. The fourth-order valence-electron chi connectivity index (χ4n) is 11.8. The molecule has 3 atom stereocenters. The van der Waals surface area contributed by atoms with E-state index < -0.39 is 35.1 Å². The average molecular weight is 1020 g/mol. The molecule has 2 saturated carbocycles. The summed E-state index contributed by atoms with van der Waals surface area (Å²) in [5.74, 6) is -3.66. The molecular weight excluding hydrogens is 949 g/mol. The normalized spacial score (nSPS) is 21.4. The Kier molecular flexibility index (Phi) is 18.1. The fourth-order valence-corrected chi connectivity index (χ4v) is 11.8. The standard InChI is InChI=1S/C64H74N6O6/c1-4-5-20-48-41(3)59(71)55-49(30-32-52(57(55)60(48)72)69-63(75)44-26-22-42(23-27-44)38-65-34-13-36-67-46-16-8-6-9-17-46)50-31-33-53(58-56(50)61(73)51-21-12-15-40(2)54(51)62(58)74)70-64(76)45-28-24-43(25-29-45)39-66-35-14-37-68-47-18-10-7-11-19-47/h4-5,12,15,20-22,24-33,40,42,46-47,54,65-68H,3,6-11,13-14,16-19,23,34-39H2,1-2H3,(H,69,75)(H,70,76)/b5-4-,48-20+. The van der Waals surface area contributed by atoms with Gasteiger partial charge in [0.1, 0.15) is 0 Å². The lowest BCUT2D eigenvalue weighted by molar-refractivity contribution is -0.112. The molecule has 0 bridgehead atoms. The lowest BCUT2D eigenvalue weighted by atomic mass is 9.68. The molecule has 76 heavy (non-hydrogen) atoms. The van der Waals surface area contributed by atoms with Gasteiger partial charge in [0.15, 0.2) is 23.1 Å². The van der Waals surface area contributed by atoms with Crippen LogP contribution in [-0.2, 0) is 11.3 Å². The second kappa shape index (κ2) is 25.4. The molecule has 12 heteroatoms. The summed E-state index contributed by atoms with van der Waals surface area (Å²) in [5.41, 5.74) is 2.85. The number of Topliss-reactive ketones (excluding diaryl/α,β-unsaturated/α-hetero) is 4. The highest BCUT2D eigenvalue weighted by Crippen LogP contribution is 2.47. The highest BCUT2D eigenvalue weighted by molar-refractivity contribution is 6.36. The van der Waals surface area contributed by atoms with Crippen LogP contribution in [0.4, 0.5) is 11.4 Å². The molecule has 3 aromatic carbocycles. The van der Waals surface area contributed by atoms with Gasteiger partial charge in [0.2, 0.25) is 0 Å². The smallest absolute Gasteiger partial charge is 0.255 e. The van der Waals surface area contributed by atoms with Gasteiger partial charge in [-0.05, 0) is 131 Å². The largest absolute Gasteiger partial charge is 0.321 e. The van der Waals surface area contributed by atoms with Crippen molar-refractivity contribution in [3.63, 3.8) is 0 Å². The first-order valence-electron chi connectivity index (χ1n) is 27.9. The molecule has 12 nitrogen and oxygen atoms in total. The van der Waals surface area contributed by atoms with Gasteiger partial charge in [0, 0.05) is 64.2 Å². The molecule has 0 aromatic heterocycles. The predicted molar refractivity (Wildman–Crippen MR) is 303 cm³/mol. The number of benzene rings is 3. The van der Waals surface area contributed by atoms with Crippen molar-refractivity contribution < 1.29 is 28.8 Å². The van der Waals surface area contributed by atoms with Crippen LogP contribution < -0.4 is 31.9 Å². The SMILES string of the molecule is C=C1C(=O)c2c(-c3ccc(NC(=O)c4ccc(CNCCCNC5CCCCC5)cc4)c4c3C(=O)C3=CC=CC(C)C3C4=O)ccc(NC(=O)C3=CCC(CNCCCNC4CCCCC4)C=C3)c2C(=O)/C1=C/C=C\C. The van der Waals surface area contributed by atoms with Crippen molar-refractivity contribution in [2.24, 2.45) is 17.8 Å². The van der Waals surface area contributed by atoms with E-state index >= 15 is 0 Å². The van der Waals surface area contributed by atoms with E-state index in [1.807, 2.05) is 37.3 Å². The first kappa shape index (κ1) is 54.1. The van der Waals surface area contributed by atoms with Crippen LogP contribution in [0.15, 0.2) is 132 Å². The lowest BCUT2D eigenvalue weighted by Crippen LogP contribution is -2.36. The predicted octanol–water partition coefficient (Wildman–Crippen LogP) is 10.9. The third-order valence-electron chi connectivity index (χ3n) is 16.1. The Morgan fingerprint density at radius 3 is 1.92 bits per heavy atom. The number of carbonyl (C=O) groups is 6. The number of hydrogen-bond donors (Lipinski definition) is 6. The van der Waals surface area contributed by atoms with Gasteiger partial charge in [0.05, 0.1) is 28.4 Å². The van der Waals surface area contributed by atoms with Gasteiger partial charge in [-0.25, -0.2) is 0 Å². The Labute approximate surface area is 448 Å². The minimum atomic E-state index is -0.799. The number of rotatable bonds is 20. The molecule has 6 aliphatic rings. The number of hydrogen-bond acceptors (Lipinski definition) is 10. The zero-order chi connectivity index (χ0) is 53.1. The van der Waals surface area contributed by atoms with E-state index in [9.17, 15) is 28.8 Å². The molecule has 0 aliphatic heterocycles. The Balaban J connectivity index is 0.956. The van der Waals surface area contributed by atoms with Crippen LogP contribution in [0.25, 0.3) is 11.1 Å². The van der Waals surface area contributed by atoms with Crippen LogP contribution in [0.2, 0.25) is 0 Å². The Morgan fingerprint density at radius 1 is 0.671 bits per heavy atom. The molecule has 2 amide bonds. The highest BCUT2D eigenvalue weighted by Gasteiger charge is 2.44. The molecule has 0 radical (unpaired) electrons. The van der Waals surface area contributed by atoms with Crippen LogP contribution in [0.5, 0.6) is 0 Å². The molecule has 9 rings (SSSR count). The zero-order valence-corrected chi connectivity index (χ0v) is 44.3. The number of ketones is 4. The molecular formula is C64H74N6O6. The molecule has 6 N–H and O–H groups in total. The summed E-state index contributed by atoms with van der Waals surface area (Å²) in [5, 5.41) is 20.3. The van der Waals surface area contributed by atoms with Crippen LogP contribution >= 0.6 is 0 Å². The van der Waals surface area contributed by atoms with Gasteiger partial charge < -0.3 is 31.9 Å². The van der Waals surface area contributed by atoms with Crippen molar-refractivity contribution in [2.75, 3.05) is 43.4 Å². The van der Waals surface area contributed by atoms with Crippen molar-refractivity contribution >= 4 is 46.3 Å². The molecule has 0 heterocycles. The number of fused-ring (bicyclic) bond motifs is 3. The summed E-state index contributed by atoms with van der Waals surface area (Å²) < 4.78 is 0. The minimum absolute atomic E-state index is 0.0147. The van der Waals surface area contributed by atoms with Gasteiger partial charge in [-0.3, -0.25) is 28.8 Å². The van der Waals surface area contributed by atoms with Crippen LogP contribution in [-0.4, -0.2) is 79.8 Å². The van der Waals surface area contributed by atoms with E-state index in [4.69, 9.17) is 0 Å². The van der Waals surface area contributed by atoms with E-state index in [1.165, 1.54) is 70.3 Å². The summed E-state index contributed by atoms with van der Waals surface area (Å²) in [4.78, 5) is 87.5. The van der Waals surface area contributed by atoms with Gasteiger partial charge in [-0.15, -0.1) is 0 Å². The molecule has 396 valence electrons. The van der Waals surface area contributed by atoms with Crippen molar-refractivity contribution in [3.05, 3.63) is 165 Å². The Hall–Kier alpha value is -6.70. The second-order valence-electron chi connectivity index (χ2n) is 21.4. The summed E-state index contributed by atoms with van der Waals surface area (Å²) in [7, 11) is 0. The van der Waals surface area contributed by atoms with Crippen LogP contribution in [0.1, 0.15) is 155 Å². The minimum Gasteiger partial charge on any atom is -0.321 e. The average Bonchev–Trinajstić information content (AvgIpc) is 3.44. The highest BCUT2D eigenvalue weighted by atomic mass is 16.2. The molecule has 0 saturated heterocycles.